The van der Waals surface area contributed by atoms with Crippen LogP contribution >= 0.6 is 7.75 Å². The lowest BCUT2D eigenvalue weighted by molar-refractivity contribution is 0.380. The Labute approximate surface area is 68.9 Å². The minimum absolute atomic E-state index is 0.0193. The Hall–Kier alpha value is -1.03. The van der Waals surface area contributed by atoms with E-state index in [1.807, 2.05) is 5.09 Å². The summed E-state index contributed by atoms with van der Waals surface area (Å²) in [5.41, 5.74) is 0.0193. The van der Waals surface area contributed by atoms with Crippen LogP contribution in [0, 0.1) is 0 Å². The van der Waals surface area contributed by atoms with Crippen LogP contribution < -0.4 is 5.09 Å². The highest BCUT2D eigenvalue weighted by Gasteiger charge is 2.13. The third-order valence-electron chi connectivity index (χ3n) is 1.17. The molecule has 0 fully saturated rings. The zero-order valence-corrected chi connectivity index (χ0v) is 6.90. The second-order valence-corrected chi connectivity index (χ2v) is 3.48. The molecule has 0 bridgehead atoms. The maximum absolute atomic E-state index is 10.4. The molecule has 0 saturated heterocycles. The summed E-state index contributed by atoms with van der Waals surface area (Å²) in [5.74, 6) is -0.194. The molecule has 0 aliphatic rings. The largest absolute Gasteiger partial charge is 0.506 e. The number of benzene rings is 1. The fraction of sp³-hybridized carbons (Fsp3) is 0. The maximum atomic E-state index is 10.4. The van der Waals surface area contributed by atoms with Gasteiger partial charge in [0.2, 0.25) is 0 Å². The number of hydrogen-bond donors (Lipinski definition) is 4. The zero-order valence-electron chi connectivity index (χ0n) is 6.01. The molecular formula is C6H8NO4P. The van der Waals surface area contributed by atoms with E-state index < -0.39 is 7.75 Å². The number of para-hydroxylation sites is 2. The van der Waals surface area contributed by atoms with Crippen molar-refractivity contribution < 1.29 is 19.5 Å². The Morgan fingerprint density at radius 2 is 1.83 bits per heavy atom. The molecular weight excluding hydrogens is 181 g/mol. The summed E-state index contributed by atoms with van der Waals surface area (Å²) < 4.78 is 10.4. The lowest BCUT2D eigenvalue weighted by Gasteiger charge is -2.08. The van der Waals surface area contributed by atoms with Crippen LogP contribution in [0.4, 0.5) is 5.69 Å². The molecule has 0 spiro atoms. The highest BCUT2D eigenvalue weighted by Crippen LogP contribution is 2.38. The molecule has 12 heavy (non-hydrogen) atoms. The van der Waals surface area contributed by atoms with Crippen molar-refractivity contribution in [3.8, 4) is 5.75 Å². The average Bonchev–Trinajstić information content (AvgIpc) is 1.91. The first-order chi connectivity index (χ1) is 5.49. The fourth-order valence-corrected chi connectivity index (χ4v) is 1.23. The molecule has 0 unspecified atom stereocenters. The van der Waals surface area contributed by atoms with E-state index in [0.717, 1.165) is 0 Å². The quantitative estimate of drug-likeness (QED) is 0.410. The van der Waals surface area contributed by atoms with Crippen molar-refractivity contribution in [3.05, 3.63) is 24.3 Å². The Kier molecular flexibility index (Phi) is 2.38. The average molecular weight is 189 g/mol. The van der Waals surface area contributed by atoms with Gasteiger partial charge in [0.05, 0.1) is 5.69 Å². The summed E-state index contributed by atoms with van der Waals surface area (Å²) in [4.78, 5) is 17.0. The number of nitrogens with one attached hydrogen (secondary N) is 1. The van der Waals surface area contributed by atoms with E-state index in [2.05, 4.69) is 0 Å². The van der Waals surface area contributed by atoms with Gasteiger partial charge in [-0.3, -0.25) is 5.09 Å². The summed E-state index contributed by atoms with van der Waals surface area (Å²) >= 11 is 0. The molecule has 0 aliphatic heterocycles. The van der Waals surface area contributed by atoms with Gasteiger partial charge >= 0.3 is 7.75 Å². The standard InChI is InChI=1S/C6H8NO4P/c8-6-4-2-1-3-5(6)7-12(9,10)11/h1-4,8H,(H3,7,9,10,11). The number of phenolic OH excluding ortho intramolecular Hbond substituents is 1. The van der Waals surface area contributed by atoms with Gasteiger partial charge in [-0.1, -0.05) is 12.1 Å². The van der Waals surface area contributed by atoms with Crippen molar-refractivity contribution in [3.63, 3.8) is 0 Å². The van der Waals surface area contributed by atoms with Crippen LogP contribution in [0.15, 0.2) is 24.3 Å². The molecule has 0 aliphatic carbocycles. The first kappa shape index (κ1) is 9.06. The Balaban J connectivity index is 2.90. The lowest BCUT2D eigenvalue weighted by atomic mass is 10.3. The van der Waals surface area contributed by atoms with Gasteiger partial charge in [-0.15, -0.1) is 0 Å². The zero-order chi connectivity index (χ0) is 9.19. The number of rotatable bonds is 2. The molecule has 1 aromatic carbocycles. The van der Waals surface area contributed by atoms with E-state index in [-0.39, 0.29) is 11.4 Å². The molecule has 0 amide bonds. The third-order valence-corrected chi connectivity index (χ3v) is 1.70. The smallest absolute Gasteiger partial charge is 0.427 e. The minimum Gasteiger partial charge on any atom is -0.506 e. The predicted molar refractivity (Wildman–Crippen MR) is 43.8 cm³/mol. The monoisotopic (exact) mass is 189 g/mol. The van der Waals surface area contributed by atoms with E-state index in [9.17, 15) is 4.57 Å². The Bertz CT molecular complexity index is 321. The summed E-state index contributed by atoms with van der Waals surface area (Å²) in [6, 6.07) is 5.81. The van der Waals surface area contributed by atoms with Gasteiger partial charge in [-0.05, 0) is 12.1 Å². The molecule has 0 saturated carbocycles. The van der Waals surface area contributed by atoms with Gasteiger partial charge in [0.25, 0.3) is 0 Å². The van der Waals surface area contributed by atoms with Crippen molar-refractivity contribution >= 4 is 13.4 Å². The number of phenols is 1. The van der Waals surface area contributed by atoms with Crippen LogP contribution in [-0.4, -0.2) is 14.9 Å². The number of hydrogen-bond acceptors (Lipinski definition) is 2. The minimum atomic E-state index is -4.32. The van der Waals surface area contributed by atoms with Crippen molar-refractivity contribution in [1.29, 1.82) is 0 Å². The van der Waals surface area contributed by atoms with Gasteiger partial charge in [0.15, 0.2) is 0 Å². The van der Waals surface area contributed by atoms with Crippen LogP contribution in [0.25, 0.3) is 0 Å². The second kappa shape index (κ2) is 3.15. The van der Waals surface area contributed by atoms with Gasteiger partial charge in [-0.25, -0.2) is 4.57 Å². The number of aromatic hydroxyl groups is 1. The summed E-state index contributed by atoms with van der Waals surface area (Å²) in [6.07, 6.45) is 0. The fourth-order valence-electron chi connectivity index (χ4n) is 0.725. The molecule has 66 valence electrons. The molecule has 5 nitrogen and oxygen atoms in total. The van der Waals surface area contributed by atoms with Crippen LogP contribution in [0.5, 0.6) is 5.75 Å². The third kappa shape index (κ3) is 2.54. The normalized spacial score (nSPS) is 11.2. The molecule has 0 heterocycles. The van der Waals surface area contributed by atoms with Gasteiger partial charge < -0.3 is 14.9 Å². The molecule has 0 atom stereocenters. The summed E-state index contributed by atoms with van der Waals surface area (Å²) in [5, 5.41) is 10.9. The van der Waals surface area contributed by atoms with Crippen molar-refractivity contribution in [2.75, 3.05) is 5.09 Å². The van der Waals surface area contributed by atoms with Crippen molar-refractivity contribution in [2.24, 2.45) is 0 Å². The highest BCUT2D eigenvalue weighted by molar-refractivity contribution is 7.53. The maximum Gasteiger partial charge on any atom is 0.427 e. The molecule has 1 rings (SSSR count). The molecule has 1 aromatic rings. The van der Waals surface area contributed by atoms with E-state index in [4.69, 9.17) is 14.9 Å². The van der Waals surface area contributed by atoms with Gasteiger partial charge in [0.1, 0.15) is 5.75 Å². The first-order valence-electron chi connectivity index (χ1n) is 3.11. The van der Waals surface area contributed by atoms with Crippen molar-refractivity contribution in [1.82, 2.24) is 0 Å². The van der Waals surface area contributed by atoms with Gasteiger partial charge in [0, 0.05) is 0 Å². The number of anilines is 1. The molecule has 0 aromatic heterocycles. The van der Waals surface area contributed by atoms with E-state index >= 15 is 0 Å². The van der Waals surface area contributed by atoms with E-state index in [1.54, 1.807) is 12.1 Å². The molecule has 0 radical (unpaired) electrons. The SMILES string of the molecule is O=P(O)(O)Nc1ccccc1O. The second-order valence-electron chi connectivity index (χ2n) is 2.17. The van der Waals surface area contributed by atoms with E-state index in [1.165, 1.54) is 12.1 Å². The van der Waals surface area contributed by atoms with E-state index in [0.29, 0.717) is 0 Å². The summed E-state index contributed by atoms with van der Waals surface area (Å²) in [6.45, 7) is 0. The highest BCUT2D eigenvalue weighted by atomic mass is 31.2. The summed E-state index contributed by atoms with van der Waals surface area (Å²) in [7, 11) is -4.32. The Morgan fingerprint density at radius 1 is 1.25 bits per heavy atom. The topological polar surface area (TPSA) is 89.8 Å². The predicted octanol–water partition coefficient (Wildman–Crippen LogP) is 0.897. The molecule has 4 N–H and O–H groups in total. The van der Waals surface area contributed by atoms with Crippen LogP contribution in [0.2, 0.25) is 0 Å². The Morgan fingerprint density at radius 3 is 2.33 bits per heavy atom. The first-order valence-corrected chi connectivity index (χ1v) is 4.72. The molecule has 6 heteroatoms. The van der Waals surface area contributed by atoms with Crippen LogP contribution in [-0.2, 0) is 4.57 Å². The van der Waals surface area contributed by atoms with Crippen LogP contribution in [0.3, 0.4) is 0 Å². The van der Waals surface area contributed by atoms with Gasteiger partial charge in [-0.2, -0.15) is 0 Å². The van der Waals surface area contributed by atoms with Crippen LogP contribution in [0.1, 0.15) is 0 Å². The lowest BCUT2D eigenvalue weighted by Crippen LogP contribution is -1.94. The van der Waals surface area contributed by atoms with Crippen molar-refractivity contribution in [2.45, 2.75) is 0 Å².